The Hall–Kier alpha value is -2.91. The molecule has 4 rings (SSSR count). The molecule has 3 nitrogen and oxygen atoms in total. The van der Waals surface area contributed by atoms with E-state index in [0.29, 0.717) is 16.4 Å². The summed E-state index contributed by atoms with van der Waals surface area (Å²) >= 11 is 6.45. The lowest BCUT2D eigenvalue weighted by molar-refractivity contribution is 1.02. The first-order chi connectivity index (χ1) is 12.1. The maximum absolute atomic E-state index is 12.3. The third-order valence-corrected chi connectivity index (χ3v) is 4.42. The predicted octanol–water partition coefficient (Wildman–Crippen LogP) is 4.89. The van der Waals surface area contributed by atoms with Crippen LogP contribution in [0.15, 0.2) is 71.7 Å². The van der Waals surface area contributed by atoms with Crippen molar-refractivity contribution in [1.82, 2.24) is 9.38 Å². The zero-order valence-corrected chi connectivity index (χ0v) is 14.4. The van der Waals surface area contributed by atoms with Crippen molar-refractivity contribution in [3.8, 4) is 0 Å². The molecule has 0 unspecified atom stereocenters. The van der Waals surface area contributed by atoms with Crippen LogP contribution in [0.25, 0.3) is 27.5 Å². The quantitative estimate of drug-likeness (QED) is 0.517. The highest BCUT2D eigenvalue weighted by molar-refractivity contribution is 6.51. The highest BCUT2D eigenvalue weighted by Gasteiger charge is 2.06. The van der Waals surface area contributed by atoms with Gasteiger partial charge in [0.25, 0.3) is 5.56 Å². The van der Waals surface area contributed by atoms with Crippen LogP contribution in [-0.2, 0) is 0 Å². The van der Waals surface area contributed by atoms with Gasteiger partial charge in [0.2, 0.25) is 0 Å². The fraction of sp³-hybridized carbons (Fsp3) is 0.0476. The average molecular weight is 347 g/mol. The summed E-state index contributed by atoms with van der Waals surface area (Å²) in [6.07, 6.45) is 3.61. The normalized spacial score (nSPS) is 12.0. The fourth-order valence-electron chi connectivity index (χ4n) is 2.85. The predicted molar refractivity (Wildman–Crippen MR) is 104 cm³/mol. The number of aryl methyl sites for hydroxylation is 1. The SMILES string of the molecule is Cc1ccc2nc(/C(Cl)=C/c3ccc4ccccc4c3)cc(=O)n2c1. The Kier molecular flexibility index (Phi) is 3.86. The molecule has 0 radical (unpaired) electrons. The number of halogens is 1. The lowest BCUT2D eigenvalue weighted by Crippen LogP contribution is -2.15. The second kappa shape index (κ2) is 6.19. The summed E-state index contributed by atoms with van der Waals surface area (Å²) in [5.74, 6) is 0. The molecular formula is C21H15ClN2O. The second-order valence-electron chi connectivity index (χ2n) is 6.01. The van der Waals surface area contributed by atoms with Crippen LogP contribution >= 0.6 is 11.6 Å². The number of fused-ring (bicyclic) bond motifs is 2. The molecule has 0 saturated heterocycles. The van der Waals surface area contributed by atoms with Crippen LogP contribution in [0.2, 0.25) is 0 Å². The Bertz CT molecular complexity index is 1190. The molecule has 25 heavy (non-hydrogen) atoms. The van der Waals surface area contributed by atoms with E-state index in [0.717, 1.165) is 16.5 Å². The van der Waals surface area contributed by atoms with E-state index < -0.39 is 0 Å². The van der Waals surface area contributed by atoms with Crippen LogP contribution < -0.4 is 5.56 Å². The van der Waals surface area contributed by atoms with Gasteiger partial charge in [-0.2, -0.15) is 0 Å². The molecular weight excluding hydrogens is 332 g/mol. The molecule has 0 atom stereocenters. The topological polar surface area (TPSA) is 34.4 Å². The standard InChI is InChI=1S/C21H15ClN2O/c1-14-6-9-20-23-19(12-21(25)24(20)13-14)18(22)11-15-7-8-16-4-2-3-5-17(16)10-15/h2-13H,1H3/b18-11-. The number of hydrogen-bond acceptors (Lipinski definition) is 2. The summed E-state index contributed by atoms with van der Waals surface area (Å²) < 4.78 is 1.53. The minimum Gasteiger partial charge on any atom is -0.269 e. The Labute approximate surface area is 149 Å². The zero-order chi connectivity index (χ0) is 17.4. The van der Waals surface area contributed by atoms with E-state index in [4.69, 9.17) is 11.6 Å². The number of benzene rings is 2. The number of nitrogens with zero attached hydrogens (tertiary/aromatic N) is 2. The van der Waals surface area contributed by atoms with Crippen LogP contribution in [-0.4, -0.2) is 9.38 Å². The van der Waals surface area contributed by atoms with E-state index in [1.165, 1.54) is 15.9 Å². The molecule has 0 saturated carbocycles. The van der Waals surface area contributed by atoms with Crippen molar-refractivity contribution in [3.05, 3.63) is 94.0 Å². The van der Waals surface area contributed by atoms with Crippen molar-refractivity contribution in [2.24, 2.45) is 0 Å². The monoisotopic (exact) mass is 346 g/mol. The van der Waals surface area contributed by atoms with E-state index in [2.05, 4.69) is 29.2 Å². The number of pyridine rings is 1. The van der Waals surface area contributed by atoms with Gasteiger partial charge in [0.15, 0.2) is 0 Å². The first kappa shape index (κ1) is 15.6. The molecule has 0 amide bonds. The van der Waals surface area contributed by atoms with Gasteiger partial charge >= 0.3 is 0 Å². The van der Waals surface area contributed by atoms with Crippen LogP contribution in [0.5, 0.6) is 0 Å². The third-order valence-electron chi connectivity index (χ3n) is 4.12. The van der Waals surface area contributed by atoms with Crippen molar-refractivity contribution in [2.45, 2.75) is 6.92 Å². The van der Waals surface area contributed by atoms with E-state index >= 15 is 0 Å². The summed E-state index contributed by atoms with van der Waals surface area (Å²) in [6, 6.07) is 19.5. The van der Waals surface area contributed by atoms with Gasteiger partial charge in [0.1, 0.15) is 5.65 Å². The molecule has 0 fully saturated rings. The summed E-state index contributed by atoms with van der Waals surface area (Å²) in [6.45, 7) is 1.94. The van der Waals surface area contributed by atoms with E-state index in [-0.39, 0.29) is 5.56 Å². The van der Waals surface area contributed by atoms with E-state index in [1.54, 1.807) is 6.20 Å². The van der Waals surface area contributed by atoms with Gasteiger partial charge in [-0.3, -0.25) is 9.20 Å². The summed E-state index contributed by atoms with van der Waals surface area (Å²) in [7, 11) is 0. The second-order valence-corrected chi connectivity index (χ2v) is 6.42. The summed E-state index contributed by atoms with van der Waals surface area (Å²) in [5, 5.41) is 2.76. The van der Waals surface area contributed by atoms with Crippen molar-refractivity contribution in [1.29, 1.82) is 0 Å². The molecule has 0 N–H and O–H groups in total. The smallest absolute Gasteiger partial charge is 0.258 e. The van der Waals surface area contributed by atoms with Gasteiger partial charge in [-0.1, -0.05) is 54.1 Å². The van der Waals surface area contributed by atoms with Gasteiger partial charge in [0.05, 0.1) is 10.7 Å². The molecule has 4 aromatic rings. The van der Waals surface area contributed by atoms with Crippen molar-refractivity contribution in [3.63, 3.8) is 0 Å². The van der Waals surface area contributed by atoms with Crippen LogP contribution in [0, 0.1) is 6.92 Å². The van der Waals surface area contributed by atoms with E-state index in [9.17, 15) is 4.79 Å². The number of aromatic nitrogens is 2. The van der Waals surface area contributed by atoms with Crippen LogP contribution in [0.1, 0.15) is 16.8 Å². The van der Waals surface area contributed by atoms with Crippen molar-refractivity contribution in [2.75, 3.05) is 0 Å². The largest absolute Gasteiger partial charge is 0.269 e. The molecule has 2 aromatic carbocycles. The maximum Gasteiger partial charge on any atom is 0.258 e. The molecule has 2 aromatic heterocycles. The average Bonchev–Trinajstić information content (AvgIpc) is 2.62. The van der Waals surface area contributed by atoms with Gasteiger partial charge in [-0.15, -0.1) is 0 Å². The zero-order valence-electron chi connectivity index (χ0n) is 13.6. The highest BCUT2D eigenvalue weighted by atomic mass is 35.5. The molecule has 0 aliphatic heterocycles. The highest BCUT2D eigenvalue weighted by Crippen LogP contribution is 2.23. The Morgan fingerprint density at radius 1 is 1.04 bits per heavy atom. The Morgan fingerprint density at radius 3 is 2.68 bits per heavy atom. The first-order valence-electron chi connectivity index (χ1n) is 7.97. The van der Waals surface area contributed by atoms with Gasteiger partial charge in [0, 0.05) is 12.3 Å². The molecule has 0 aliphatic carbocycles. The maximum atomic E-state index is 12.3. The number of hydrogen-bond donors (Lipinski definition) is 0. The molecule has 0 bridgehead atoms. The van der Waals surface area contributed by atoms with Gasteiger partial charge in [-0.05, 0) is 47.0 Å². The molecule has 0 aliphatic rings. The van der Waals surface area contributed by atoms with Gasteiger partial charge in [-0.25, -0.2) is 4.98 Å². The first-order valence-corrected chi connectivity index (χ1v) is 8.34. The number of rotatable bonds is 2. The summed E-state index contributed by atoms with van der Waals surface area (Å²) in [5.41, 5.74) is 2.88. The molecule has 2 heterocycles. The minimum atomic E-state index is -0.145. The Morgan fingerprint density at radius 2 is 1.84 bits per heavy atom. The molecule has 122 valence electrons. The molecule has 0 spiro atoms. The van der Waals surface area contributed by atoms with Crippen LogP contribution in [0.3, 0.4) is 0 Å². The lowest BCUT2D eigenvalue weighted by Gasteiger charge is -2.05. The Balaban J connectivity index is 1.79. The fourth-order valence-corrected chi connectivity index (χ4v) is 3.07. The van der Waals surface area contributed by atoms with Crippen molar-refractivity contribution >= 4 is 39.1 Å². The minimum absolute atomic E-state index is 0.145. The van der Waals surface area contributed by atoms with Crippen molar-refractivity contribution < 1.29 is 0 Å². The summed E-state index contributed by atoms with van der Waals surface area (Å²) in [4.78, 5) is 16.8. The van der Waals surface area contributed by atoms with E-state index in [1.807, 2.05) is 43.3 Å². The molecule has 4 heteroatoms. The van der Waals surface area contributed by atoms with Gasteiger partial charge < -0.3 is 0 Å². The third kappa shape index (κ3) is 3.06. The lowest BCUT2D eigenvalue weighted by atomic mass is 10.1. The van der Waals surface area contributed by atoms with Crippen LogP contribution in [0.4, 0.5) is 0 Å².